The lowest BCUT2D eigenvalue weighted by Gasteiger charge is -2.08. The molecule has 0 saturated heterocycles. The topological polar surface area (TPSA) is 42.8 Å². The van der Waals surface area contributed by atoms with Crippen molar-refractivity contribution in [1.82, 2.24) is 14.8 Å². The summed E-state index contributed by atoms with van der Waals surface area (Å²) in [6.45, 7) is 6.04. The van der Waals surface area contributed by atoms with E-state index < -0.39 is 0 Å². The number of nitrogens with zero attached hydrogens (tertiary/aromatic N) is 2. The maximum absolute atomic E-state index is 5.18. The molecular formula is C10H19N3OS. The highest BCUT2D eigenvalue weighted by molar-refractivity contribution is 7.71. The third kappa shape index (κ3) is 3.76. The Kier molecular flexibility index (Phi) is 4.98. The van der Waals surface area contributed by atoms with Crippen LogP contribution >= 0.6 is 12.2 Å². The fraction of sp³-hybridized carbons (Fsp3) is 0.800. The van der Waals surface area contributed by atoms with Gasteiger partial charge >= 0.3 is 0 Å². The van der Waals surface area contributed by atoms with Crippen molar-refractivity contribution in [2.45, 2.75) is 33.2 Å². The van der Waals surface area contributed by atoms with Gasteiger partial charge in [0.05, 0.1) is 0 Å². The lowest BCUT2D eigenvalue weighted by atomic mass is 10.2. The molecule has 0 aromatic carbocycles. The molecule has 1 heterocycles. The number of rotatable bonds is 6. The Hall–Kier alpha value is -0.680. The SMILES string of the molecule is COCCCc1n[nH]c(=S)n1CC(C)C. The van der Waals surface area contributed by atoms with Crippen LogP contribution in [0.5, 0.6) is 0 Å². The summed E-state index contributed by atoms with van der Waals surface area (Å²) < 4.78 is 7.82. The lowest BCUT2D eigenvalue weighted by Crippen LogP contribution is -2.09. The van der Waals surface area contributed by atoms with E-state index in [1.165, 1.54) is 0 Å². The standard InChI is InChI=1S/C10H19N3OS/c1-8(2)7-13-9(5-4-6-14-3)11-12-10(13)15/h8H,4-7H2,1-3H3,(H,12,15). The molecule has 0 radical (unpaired) electrons. The van der Waals surface area contributed by atoms with Gasteiger partial charge in [-0.25, -0.2) is 0 Å². The van der Waals surface area contributed by atoms with Gasteiger partial charge in [-0.2, -0.15) is 5.10 Å². The van der Waals surface area contributed by atoms with E-state index in [2.05, 4.69) is 28.6 Å². The zero-order chi connectivity index (χ0) is 11.3. The maximum Gasteiger partial charge on any atom is 0.195 e. The molecule has 5 heteroatoms. The number of nitrogens with one attached hydrogen (secondary N) is 1. The number of aromatic amines is 1. The molecule has 15 heavy (non-hydrogen) atoms. The van der Waals surface area contributed by atoms with Crippen molar-refractivity contribution in [2.75, 3.05) is 13.7 Å². The van der Waals surface area contributed by atoms with E-state index in [-0.39, 0.29) is 0 Å². The van der Waals surface area contributed by atoms with Crippen LogP contribution in [-0.2, 0) is 17.7 Å². The molecule has 1 rings (SSSR count). The lowest BCUT2D eigenvalue weighted by molar-refractivity contribution is 0.194. The second-order valence-electron chi connectivity index (χ2n) is 4.05. The molecule has 0 bridgehead atoms. The largest absolute Gasteiger partial charge is 0.385 e. The zero-order valence-corrected chi connectivity index (χ0v) is 10.4. The molecule has 0 spiro atoms. The number of methoxy groups -OCH3 is 1. The van der Waals surface area contributed by atoms with Crippen molar-refractivity contribution in [2.24, 2.45) is 5.92 Å². The van der Waals surface area contributed by atoms with E-state index in [4.69, 9.17) is 17.0 Å². The number of ether oxygens (including phenoxy) is 1. The summed E-state index contributed by atoms with van der Waals surface area (Å²) in [5.74, 6) is 1.61. The molecule has 0 aliphatic rings. The van der Waals surface area contributed by atoms with Crippen LogP contribution in [0.3, 0.4) is 0 Å². The van der Waals surface area contributed by atoms with Crippen molar-refractivity contribution in [1.29, 1.82) is 0 Å². The van der Waals surface area contributed by atoms with Crippen LogP contribution in [0.1, 0.15) is 26.1 Å². The van der Waals surface area contributed by atoms with Crippen LogP contribution < -0.4 is 0 Å². The Morgan fingerprint density at radius 3 is 2.87 bits per heavy atom. The molecule has 86 valence electrons. The number of H-pyrrole nitrogens is 1. The summed E-state index contributed by atoms with van der Waals surface area (Å²) in [7, 11) is 1.71. The van der Waals surface area contributed by atoms with Gasteiger partial charge in [-0.15, -0.1) is 0 Å². The summed E-state index contributed by atoms with van der Waals surface area (Å²) >= 11 is 5.18. The van der Waals surface area contributed by atoms with Gasteiger partial charge in [-0.05, 0) is 24.6 Å². The van der Waals surface area contributed by atoms with Crippen molar-refractivity contribution in [3.05, 3.63) is 10.6 Å². The molecule has 1 N–H and O–H groups in total. The van der Waals surface area contributed by atoms with E-state index in [1.54, 1.807) is 7.11 Å². The van der Waals surface area contributed by atoms with Gasteiger partial charge in [-0.1, -0.05) is 13.8 Å². The average molecular weight is 229 g/mol. The minimum absolute atomic E-state index is 0.579. The molecule has 1 aromatic rings. The number of hydrogen-bond donors (Lipinski definition) is 1. The molecule has 0 saturated carbocycles. The summed E-state index contributed by atoms with van der Waals surface area (Å²) in [6, 6.07) is 0. The molecule has 0 unspecified atom stereocenters. The van der Waals surface area contributed by atoms with E-state index in [1.807, 2.05) is 0 Å². The molecule has 0 amide bonds. The van der Waals surface area contributed by atoms with Gasteiger partial charge in [0.1, 0.15) is 5.82 Å². The second-order valence-corrected chi connectivity index (χ2v) is 4.43. The summed E-state index contributed by atoms with van der Waals surface area (Å²) in [6.07, 6.45) is 1.89. The molecule has 0 atom stereocenters. The molecule has 4 nitrogen and oxygen atoms in total. The number of hydrogen-bond acceptors (Lipinski definition) is 3. The molecular weight excluding hydrogens is 210 g/mol. The van der Waals surface area contributed by atoms with Crippen LogP contribution in [-0.4, -0.2) is 28.5 Å². The first-order valence-electron chi connectivity index (χ1n) is 5.28. The Labute approximate surface area is 95.7 Å². The quantitative estimate of drug-likeness (QED) is 0.600. The van der Waals surface area contributed by atoms with Crippen LogP contribution in [0.4, 0.5) is 0 Å². The normalized spacial score (nSPS) is 11.2. The average Bonchev–Trinajstić information content (AvgIpc) is 2.49. The Bertz CT molecular complexity index is 343. The predicted molar refractivity (Wildman–Crippen MR) is 62.4 cm³/mol. The van der Waals surface area contributed by atoms with Crippen LogP contribution in [0.15, 0.2) is 0 Å². The first kappa shape index (κ1) is 12.4. The Morgan fingerprint density at radius 1 is 1.53 bits per heavy atom. The van der Waals surface area contributed by atoms with Gasteiger partial charge in [-0.3, -0.25) is 5.10 Å². The molecule has 1 aromatic heterocycles. The highest BCUT2D eigenvalue weighted by Gasteiger charge is 2.06. The van der Waals surface area contributed by atoms with Gasteiger partial charge in [0.15, 0.2) is 4.77 Å². The van der Waals surface area contributed by atoms with Crippen LogP contribution in [0.2, 0.25) is 0 Å². The van der Waals surface area contributed by atoms with E-state index in [0.717, 1.165) is 36.6 Å². The third-order valence-corrected chi connectivity index (χ3v) is 2.45. The van der Waals surface area contributed by atoms with Gasteiger partial charge in [0, 0.05) is 26.7 Å². The minimum Gasteiger partial charge on any atom is -0.385 e. The smallest absolute Gasteiger partial charge is 0.195 e. The van der Waals surface area contributed by atoms with E-state index >= 15 is 0 Å². The van der Waals surface area contributed by atoms with Crippen LogP contribution in [0, 0.1) is 10.7 Å². The van der Waals surface area contributed by atoms with Gasteiger partial charge in [0.25, 0.3) is 0 Å². The molecule has 0 aliphatic heterocycles. The van der Waals surface area contributed by atoms with E-state index in [0.29, 0.717) is 5.92 Å². The fourth-order valence-corrected chi connectivity index (χ4v) is 1.69. The second kappa shape index (κ2) is 6.02. The summed E-state index contributed by atoms with van der Waals surface area (Å²) in [4.78, 5) is 0. The van der Waals surface area contributed by atoms with E-state index in [9.17, 15) is 0 Å². The van der Waals surface area contributed by atoms with Gasteiger partial charge < -0.3 is 9.30 Å². The van der Waals surface area contributed by atoms with Crippen LogP contribution in [0.25, 0.3) is 0 Å². The molecule has 0 aliphatic carbocycles. The minimum atomic E-state index is 0.579. The summed E-state index contributed by atoms with van der Waals surface area (Å²) in [5.41, 5.74) is 0. The highest BCUT2D eigenvalue weighted by Crippen LogP contribution is 2.06. The number of aromatic nitrogens is 3. The Balaban J connectivity index is 2.66. The maximum atomic E-state index is 5.18. The van der Waals surface area contributed by atoms with Crippen molar-refractivity contribution >= 4 is 12.2 Å². The summed E-state index contributed by atoms with van der Waals surface area (Å²) in [5, 5.41) is 7.08. The third-order valence-electron chi connectivity index (χ3n) is 2.13. The fourth-order valence-electron chi connectivity index (χ4n) is 1.47. The predicted octanol–water partition coefficient (Wildman–Crippen LogP) is 2.18. The Morgan fingerprint density at radius 2 is 2.27 bits per heavy atom. The monoisotopic (exact) mass is 229 g/mol. The van der Waals surface area contributed by atoms with Crippen molar-refractivity contribution < 1.29 is 4.74 Å². The van der Waals surface area contributed by atoms with Crippen molar-refractivity contribution in [3.8, 4) is 0 Å². The first-order chi connectivity index (χ1) is 7.15. The number of aryl methyl sites for hydroxylation is 1. The van der Waals surface area contributed by atoms with Gasteiger partial charge in [0.2, 0.25) is 0 Å². The zero-order valence-electron chi connectivity index (χ0n) is 9.62. The molecule has 0 fully saturated rings. The first-order valence-corrected chi connectivity index (χ1v) is 5.69. The van der Waals surface area contributed by atoms with Crippen molar-refractivity contribution in [3.63, 3.8) is 0 Å². The highest BCUT2D eigenvalue weighted by atomic mass is 32.1.